The summed E-state index contributed by atoms with van der Waals surface area (Å²) in [5.74, 6) is 1.46. The summed E-state index contributed by atoms with van der Waals surface area (Å²) in [6, 6.07) is 17.4. The first kappa shape index (κ1) is 11.2. The van der Waals surface area contributed by atoms with Gasteiger partial charge < -0.3 is 4.74 Å². The van der Waals surface area contributed by atoms with Crippen LogP contribution in [-0.4, -0.2) is 0 Å². The third-order valence-corrected chi connectivity index (χ3v) is 4.72. The van der Waals surface area contributed by atoms with Crippen LogP contribution in [0.4, 0.5) is 0 Å². The van der Waals surface area contributed by atoms with Gasteiger partial charge in [-0.3, -0.25) is 0 Å². The largest absolute Gasteiger partial charge is 0.464 e. The molecule has 3 aliphatic rings. The van der Waals surface area contributed by atoms with Crippen LogP contribution in [0, 0.1) is 5.92 Å². The molecule has 1 heteroatoms. The highest BCUT2D eigenvalue weighted by Gasteiger charge is 2.35. The fourth-order valence-electron chi connectivity index (χ4n) is 3.87. The Bertz CT molecular complexity index is 944. The number of hydrogen-bond acceptors (Lipinski definition) is 1. The molecule has 1 nitrogen and oxygen atoms in total. The average Bonchev–Trinajstić information content (AvgIpc) is 2.95. The second kappa shape index (κ2) is 3.98. The predicted molar refractivity (Wildman–Crippen MR) is 83.6 cm³/mol. The molecule has 0 spiro atoms. The third kappa shape index (κ3) is 1.41. The Balaban J connectivity index is 1.99. The Morgan fingerprint density at radius 1 is 0.905 bits per heavy atom. The molecule has 1 unspecified atom stereocenters. The minimum Gasteiger partial charge on any atom is -0.464 e. The summed E-state index contributed by atoms with van der Waals surface area (Å²) in [5.41, 5.74) is 5.64. The Morgan fingerprint density at radius 2 is 1.71 bits per heavy atom. The van der Waals surface area contributed by atoms with E-state index in [2.05, 4.69) is 54.6 Å². The molecule has 0 radical (unpaired) electrons. The van der Waals surface area contributed by atoms with E-state index < -0.39 is 0 Å². The molecule has 0 amide bonds. The fraction of sp³-hybridized carbons (Fsp3) is 0.100. The third-order valence-electron chi connectivity index (χ3n) is 4.72. The molecule has 1 heterocycles. The van der Waals surface area contributed by atoms with Gasteiger partial charge in [0, 0.05) is 16.7 Å². The number of allylic oxidation sites excluding steroid dienone is 2. The lowest BCUT2D eigenvalue weighted by Crippen LogP contribution is -2.36. The van der Waals surface area contributed by atoms with Crippen molar-refractivity contribution in [1.29, 1.82) is 0 Å². The highest BCUT2D eigenvalue weighted by atomic mass is 16.5. The molecule has 1 aliphatic heterocycles. The molecule has 2 aromatic carbocycles. The van der Waals surface area contributed by atoms with Crippen molar-refractivity contribution in [2.75, 3.05) is 0 Å². The molecule has 0 bridgehead atoms. The monoisotopic (exact) mass is 270 g/mol. The van der Waals surface area contributed by atoms with E-state index in [4.69, 9.17) is 4.74 Å². The van der Waals surface area contributed by atoms with Gasteiger partial charge in [-0.2, -0.15) is 0 Å². The van der Waals surface area contributed by atoms with E-state index in [1.165, 1.54) is 32.7 Å². The van der Waals surface area contributed by atoms with Crippen LogP contribution in [0.1, 0.15) is 11.1 Å². The predicted octanol–water partition coefficient (Wildman–Crippen LogP) is 2.65. The van der Waals surface area contributed by atoms with Crippen LogP contribution in [0.3, 0.4) is 0 Å². The summed E-state index contributed by atoms with van der Waals surface area (Å²) in [6.45, 7) is 0. The van der Waals surface area contributed by atoms with E-state index in [1.54, 1.807) is 6.26 Å². The lowest BCUT2D eigenvalue weighted by molar-refractivity contribution is 0.418. The molecule has 0 fully saturated rings. The minimum atomic E-state index is 0.428. The average molecular weight is 270 g/mol. The molecule has 0 saturated carbocycles. The lowest BCUT2D eigenvalue weighted by atomic mass is 9.83. The molecule has 2 aromatic rings. The van der Waals surface area contributed by atoms with Gasteiger partial charge in [-0.25, -0.2) is 0 Å². The van der Waals surface area contributed by atoms with E-state index in [-0.39, 0.29) is 0 Å². The van der Waals surface area contributed by atoms with Gasteiger partial charge in [0.2, 0.25) is 0 Å². The van der Waals surface area contributed by atoms with Crippen LogP contribution in [0.25, 0.3) is 11.3 Å². The van der Waals surface area contributed by atoms with E-state index >= 15 is 0 Å². The maximum Gasteiger partial charge on any atom is 0.138 e. The van der Waals surface area contributed by atoms with E-state index in [0.717, 1.165) is 12.2 Å². The van der Waals surface area contributed by atoms with Crippen molar-refractivity contribution in [3.63, 3.8) is 0 Å². The highest BCUT2D eigenvalue weighted by molar-refractivity contribution is 5.84. The maximum absolute atomic E-state index is 5.87. The molecule has 100 valence electrons. The fourth-order valence-corrected chi connectivity index (χ4v) is 3.87. The molecule has 5 rings (SSSR count). The second-order valence-corrected chi connectivity index (χ2v) is 5.77. The van der Waals surface area contributed by atoms with Gasteiger partial charge in [0.05, 0.1) is 6.26 Å². The van der Waals surface area contributed by atoms with Crippen LogP contribution in [-0.2, 0) is 11.2 Å². The van der Waals surface area contributed by atoms with E-state index in [0.29, 0.717) is 5.92 Å². The molecule has 0 aromatic heterocycles. The zero-order chi connectivity index (χ0) is 13.8. The molecule has 21 heavy (non-hydrogen) atoms. The number of rotatable bonds is 0. The van der Waals surface area contributed by atoms with Crippen molar-refractivity contribution in [3.8, 4) is 0 Å². The molecule has 0 saturated heterocycles. The minimum absolute atomic E-state index is 0.428. The maximum atomic E-state index is 5.87. The van der Waals surface area contributed by atoms with Crippen molar-refractivity contribution < 1.29 is 4.74 Å². The Hall–Kier alpha value is -2.54. The molecular formula is C20H14O. The standard InChI is InChI=1S/C20H14O/c1-2-7-14-13(6-1)12-18-17-10-5-11-21-20(17)16-9-4-3-8-15(16)19(14)18/h1-11,18H,12H2. The van der Waals surface area contributed by atoms with Gasteiger partial charge in [-0.15, -0.1) is 0 Å². The van der Waals surface area contributed by atoms with Gasteiger partial charge in [0.25, 0.3) is 0 Å². The van der Waals surface area contributed by atoms with Crippen molar-refractivity contribution in [3.05, 3.63) is 94.1 Å². The van der Waals surface area contributed by atoms with E-state index in [1.807, 2.05) is 6.08 Å². The summed E-state index contributed by atoms with van der Waals surface area (Å²) >= 11 is 0. The Morgan fingerprint density at radius 3 is 2.67 bits per heavy atom. The van der Waals surface area contributed by atoms with Gasteiger partial charge in [0.1, 0.15) is 5.76 Å². The lowest BCUT2D eigenvalue weighted by Gasteiger charge is -2.25. The molecular weight excluding hydrogens is 256 g/mol. The van der Waals surface area contributed by atoms with Crippen molar-refractivity contribution in [1.82, 2.24) is 0 Å². The zero-order valence-electron chi connectivity index (χ0n) is 11.5. The van der Waals surface area contributed by atoms with Crippen LogP contribution in [0.15, 0.2) is 72.5 Å². The van der Waals surface area contributed by atoms with Gasteiger partial charge in [-0.1, -0.05) is 54.6 Å². The van der Waals surface area contributed by atoms with Crippen molar-refractivity contribution in [2.24, 2.45) is 5.92 Å². The van der Waals surface area contributed by atoms with Gasteiger partial charge in [0.15, 0.2) is 0 Å². The number of ether oxygens (including phenoxy) is 1. The summed E-state index contributed by atoms with van der Waals surface area (Å²) < 4.78 is 5.87. The first-order valence-corrected chi connectivity index (χ1v) is 7.39. The highest BCUT2D eigenvalue weighted by Crippen LogP contribution is 2.43. The topological polar surface area (TPSA) is 9.23 Å². The summed E-state index contributed by atoms with van der Waals surface area (Å²) in [7, 11) is 0. The summed E-state index contributed by atoms with van der Waals surface area (Å²) in [5, 5.41) is 2.55. The molecule has 2 aliphatic carbocycles. The van der Waals surface area contributed by atoms with E-state index in [9.17, 15) is 0 Å². The Labute approximate surface area is 123 Å². The SMILES string of the molecule is C1=COC2=c3ccccc3=C3c4ccccc4CC3C2=C1. The number of hydrogen-bond donors (Lipinski definition) is 0. The first-order chi connectivity index (χ1) is 10.4. The molecule has 1 atom stereocenters. The summed E-state index contributed by atoms with van der Waals surface area (Å²) in [4.78, 5) is 0. The first-order valence-electron chi connectivity index (χ1n) is 7.39. The Kier molecular flexibility index (Phi) is 2.12. The summed E-state index contributed by atoms with van der Waals surface area (Å²) in [6.07, 6.45) is 7.08. The van der Waals surface area contributed by atoms with Crippen LogP contribution in [0.2, 0.25) is 0 Å². The normalized spacial score (nSPS) is 21.0. The van der Waals surface area contributed by atoms with Crippen LogP contribution in [0.5, 0.6) is 0 Å². The van der Waals surface area contributed by atoms with Crippen molar-refractivity contribution >= 4 is 11.3 Å². The number of benzene rings is 2. The van der Waals surface area contributed by atoms with Gasteiger partial charge >= 0.3 is 0 Å². The smallest absolute Gasteiger partial charge is 0.138 e. The van der Waals surface area contributed by atoms with Gasteiger partial charge in [-0.05, 0) is 34.4 Å². The van der Waals surface area contributed by atoms with Crippen LogP contribution >= 0.6 is 0 Å². The second-order valence-electron chi connectivity index (χ2n) is 5.77. The van der Waals surface area contributed by atoms with Crippen LogP contribution < -0.4 is 10.4 Å². The zero-order valence-corrected chi connectivity index (χ0v) is 11.5. The van der Waals surface area contributed by atoms with Crippen molar-refractivity contribution in [2.45, 2.75) is 6.42 Å². The molecule has 0 N–H and O–H groups in total. The quantitative estimate of drug-likeness (QED) is 0.715. The number of fused-ring (bicyclic) bond motifs is 6.